The van der Waals surface area contributed by atoms with Crippen molar-refractivity contribution in [2.45, 2.75) is 40.0 Å². The summed E-state index contributed by atoms with van der Waals surface area (Å²) in [5.41, 5.74) is 3.60. The molecule has 3 aromatic rings. The third kappa shape index (κ3) is 4.93. The third-order valence-corrected chi connectivity index (χ3v) is 7.09. The molecule has 1 aliphatic rings. The molecule has 0 unspecified atom stereocenters. The lowest BCUT2D eigenvalue weighted by Crippen LogP contribution is -2.27. The second-order valence-corrected chi connectivity index (χ2v) is 10.2. The molecule has 5 heteroatoms. The summed E-state index contributed by atoms with van der Waals surface area (Å²) in [6, 6.07) is 15.7. The van der Waals surface area contributed by atoms with E-state index in [-0.39, 0.29) is 17.1 Å². The van der Waals surface area contributed by atoms with Crippen molar-refractivity contribution >= 4 is 34.1 Å². The molecule has 0 aliphatic heterocycles. The molecular weight excluding hydrogens is 407 g/mol. The number of carbonyl (C=O) groups excluding carboxylic acids is 1. The predicted octanol–water partition coefficient (Wildman–Crippen LogP) is 7.04. The molecule has 1 heterocycles. The zero-order chi connectivity index (χ0) is 22.0. The molecule has 2 aromatic carbocycles. The number of nitrogens with zero attached hydrogens (tertiary/aromatic N) is 1. The molecular formula is C26H27FN2OS. The van der Waals surface area contributed by atoms with Crippen LogP contribution in [0, 0.1) is 17.2 Å². The van der Waals surface area contributed by atoms with Crippen LogP contribution in [0.1, 0.15) is 53.6 Å². The normalized spacial score (nSPS) is 16.3. The number of nitrogens with one attached hydrogen (secondary N) is 1. The number of fused-ring (bicyclic) bond motifs is 1. The van der Waals surface area contributed by atoms with Crippen LogP contribution in [0.4, 0.5) is 15.1 Å². The molecule has 4 rings (SSSR count). The Bertz CT molecular complexity index is 1090. The number of aliphatic imine (C=N–C) groups is 1. The average molecular weight is 435 g/mol. The Kier molecular flexibility index (Phi) is 6.05. The Morgan fingerprint density at radius 1 is 1.13 bits per heavy atom. The maximum atomic E-state index is 13.3. The number of halogens is 1. The second-order valence-electron chi connectivity index (χ2n) is 9.12. The zero-order valence-electron chi connectivity index (χ0n) is 18.1. The van der Waals surface area contributed by atoms with Crippen molar-refractivity contribution in [1.82, 2.24) is 0 Å². The first-order valence-electron chi connectivity index (χ1n) is 10.6. The van der Waals surface area contributed by atoms with Crippen molar-refractivity contribution in [1.29, 1.82) is 0 Å². The maximum absolute atomic E-state index is 13.3. The van der Waals surface area contributed by atoms with Crippen LogP contribution in [0.15, 0.2) is 59.6 Å². The van der Waals surface area contributed by atoms with E-state index in [0.29, 0.717) is 11.5 Å². The summed E-state index contributed by atoms with van der Waals surface area (Å²) < 4.78 is 13.2. The molecule has 0 bridgehead atoms. The summed E-state index contributed by atoms with van der Waals surface area (Å²) in [6.07, 6.45) is 4.63. The highest BCUT2D eigenvalue weighted by molar-refractivity contribution is 7.16. The standard InChI is InChI=1S/C26H27FN2OS/c1-26(2,3)18-11-14-21-22(15-18)31-25(28-16-17-9-12-19(27)13-10-17)23(21)24(30)29-20-7-5-4-6-8-20/h4-10,12-13,16,18H,11,14-15H2,1-3H3,(H,29,30)/t18-/m1/s1. The summed E-state index contributed by atoms with van der Waals surface area (Å²) in [4.78, 5) is 19.2. The Labute approximate surface area is 187 Å². The van der Waals surface area contributed by atoms with E-state index in [1.165, 1.54) is 17.0 Å². The van der Waals surface area contributed by atoms with Gasteiger partial charge in [-0.2, -0.15) is 0 Å². The molecule has 0 spiro atoms. The minimum Gasteiger partial charge on any atom is -0.322 e. The van der Waals surface area contributed by atoms with Crippen molar-refractivity contribution < 1.29 is 9.18 Å². The summed E-state index contributed by atoms with van der Waals surface area (Å²) in [5, 5.41) is 3.75. The van der Waals surface area contributed by atoms with Gasteiger partial charge in [0.2, 0.25) is 0 Å². The molecule has 0 saturated heterocycles. The van der Waals surface area contributed by atoms with Gasteiger partial charge in [0.05, 0.1) is 5.56 Å². The van der Waals surface area contributed by atoms with Crippen LogP contribution in [-0.2, 0) is 12.8 Å². The molecule has 1 N–H and O–H groups in total. The zero-order valence-corrected chi connectivity index (χ0v) is 18.9. The van der Waals surface area contributed by atoms with E-state index in [1.807, 2.05) is 30.3 Å². The predicted molar refractivity (Wildman–Crippen MR) is 127 cm³/mol. The maximum Gasteiger partial charge on any atom is 0.259 e. The van der Waals surface area contributed by atoms with Crippen LogP contribution in [-0.4, -0.2) is 12.1 Å². The van der Waals surface area contributed by atoms with Crippen LogP contribution in [0.5, 0.6) is 0 Å². The Morgan fingerprint density at radius 3 is 2.52 bits per heavy atom. The molecule has 1 aromatic heterocycles. The number of carbonyl (C=O) groups is 1. The first-order chi connectivity index (χ1) is 14.8. The number of thiophene rings is 1. The topological polar surface area (TPSA) is 41.5 Å². The van der Waals surface area contributed by atoms with Crippen molar-refractivity contribution in [3.8, 4) is 0 Å². The molecule has 3 nitrogen and oxygen atoms in total. The van der Waals surface area contributed by atoms with E-state index < -0.39 is 0 Å². The van der Waals surface area contributed by atoms with Gasteiger partial charge >= 0.3 is 0 Å². The van der Waals surface area contributed by atoms with Crippen LogP contribution in [0.25, 0.3) is 0 Å². The van der Waals surface area contributed by atoms with E-state index in [4.69, 9.17) is 0 Å². The average Bonchev–Trinajstić information content (AvgIpc) is 3.11. The van der Waals surface area contributed by atoms with E-state index in [2.05, 4.69) is 31.1 Å². The van der Waals surface area contributed by atoms with Gasteiger partial charge in [0, 0.05) is 16.8 Å². The lowest BCUT2D eigenvalue weighted by atomic mass is 9.72. The molecule has 0 radical (unpaired) electrons. The van der Waals surface area contributed by atoms with Crippen molar-refractivity contribution in [3.05, 3.63) is 82.0 Å². The number of benzene rings is 2. The largest absolute Gasteiger partial charge is 0.322 e. The van der Waals surface area contributed by atoms with Crippen LogP contribution in [0.3, 0.4) is 0 Å². The lowest BCUT2D eigenvalue weighted by molar-refractivity contribution is 0.102. The van der Waals surface area contributed by atoms with Gasteiger partial charge in [-0.1, -0.05) is 51.1 Å². The first-order valence-corrected chi connectivity index (χ1v) is 11.4. The van der Waals surface area contributed by atoms with Gasteiger partial charge in [-0.3, -0.25) is 4.79 Å². The molecule has 31 heavy (non-hydrogen) atoms. The van der Waals surface area contributed by atoms with Crippen LogP contribution >= 0.6 is 11.3 Å². The van der Waals surface area contributed by atoms with Gasteiger partial charge in [0.15, 0.2) is 0 Å². The summed E-state index contributed by atoms with van der Waals surface area (Å²) in [7, 11) is 0. The highest BCUT2D eigenvalue weighted by atomic mass is 32.1. The number of rotatable bonds is 4. The number of hydrogen-bond donors (Lipinski definition) is 1. The monoisotopic (exact) mass is 434 g/mol. The minimum absolute atomic E-state index is 0.121. The SMILES string of the molecule is CC(C)(C)[C@@H]1CCc2c(sc(N=Cc3ccc(F)cc3)c2C(=O)Nc2ccccc2)C1. The van der Waals surface area contributed by atoms with E-state index in [1.54, 1.807) is 29.7 Å². The fraction of sp³-hybridized carbons (Fsp3) is 0.308. The number of hydrogen-bond acceptors (Lipinski definition) is 3. The Morgan fingerprint density at radius 2 is 1.84 bits per heavy atom. The van der Waals surface area contributed by atoms with Gasteiger partial charge in [0.1, 0.15) is 10.8 Å². The number of amides is 1. The molecule has 1 atom stereocenters. The fourth-order valence-electron chi connectivity index (χ4n) is 4.03. The third-order valence-electron chi connectivity index (χ3n) is 5.93. The Hall–Kier alpha value is -2.79. The first kappa shape index (κ1) is 21.4. The van der Waals surface area contributed by atoms with E-state index in [9.17, 15) is 9.18 Å². The number of para-hydroxylation sites is 1. The molecule has 0 fully saturated rings. The second kappa shape index (κ2) is 8.75. The molecule has 1 amide bonds. The van der Waals surface area contributed by atoms with Crippen molar-refractivity contribution in [2.75, 3.05) is 5.32 Å². The summed E-state index contributed by atoms with van der Waals surface area (Å²) >= 11 is 1.61. The van der Waals surface area contributed by atoms with Gasteiger partial charge in [-0.25, -0.2) is 9.38 Å². The smallest absolute Gasteiger partial charge is 0.259 e. The van der Waals surface area contributed by atoms with Gasteiger partial charge in [-0.05, 0) is 66.0 Å². The Balaban J connectivity index is 1.69. The highest BCUT2D eigenvalue weighted by Crippen LogP contribution is 2.45. The van der Waals surface area contributed by atoms with Crippen molar-refractivity contribution in [2.24, 2.45) is 16.3 Å². The number of anilines is 1. The lowest BCUT2D eigenvalue weighted by Gasteiger charge is -2.33. The highest BCUT2D eigenvalue weighted by Gasteiger charge is 2.33. The van der Waals surface area contributed by atoms with E-state index >= 15 is 0 Å². The van der Waals surface area contributed by atoms with Crippen molar-refractivity contribution in [3.63, 3.8) is 0 Å². The summed E-state index contributed by atoms with van der Waals surface area (Å²) in [6.45, 7) is 6.85. The van der Waals surface area contributed by atoms with Gasteiger partial charge in [0.25, 0.3) is 5.91 Å². The van der Waals surface area contributed by atoms with Crippen LogP contribution in [0.2, 0.25) is 0 Å². The quantitative estimate of drug-likeness (QED) is 0.440. The van der Waals surface area contributed by atoms with E-state index in [0.717, 1.165) is 41.1 Å². The molecule has 0 saturated carbocycles. The van der Waals surface area contributed by atoms with Gasteiger partial charge in [-0.15, -0.1) is 11.3 Å². The summed E-state index contributed by atoms with van der Waals surface area (Å²) in [5.74, 6) is 0.182. The fourth-order valence-corrected chi connectivity index (χ4v) is 5.30. The minimum atomic E-state index is -0.278. The molecule has 1 aliphatic carbocycles. The van der Waals surface area contributed by atoms with Gasteiger partial charge < -0.3 is 5.32 Å². The molecule has 160 valence electrons. The van der Waals surface area contributed by atoms with Crippen LogP contribution < -0.4 is 5.32 Å².